The minimum absolute atomic E-state index is 0.00604. The molecule has 0 bridgehead atoms. The van der Waals surface area contributed by atoms with Gasteiger partial charge in [-0.05, 0) is 32.3 Å². The Balaban J connectivity index is 1.91. The first-order valence-corrected chi connectivity index (χ1v) is 8.54. The van der Waals surface area contributed by atoms with Crippen molar-refractivity contribution in [2.75, 3.05) is 19.6 Å². The molecule has 0 saturated carbocycles. The van der Waals surface area contributed by atoms with E-state index in [-0.39, 0.29) is 24.6 Å². The number of likely N-dealkylation sites (tertiary alicyclic amines) is 1. The average molecular weight is 333 g/mol. The highest BCUT2D eigenvalue weighted by Gasteiger charge is 2.31. The van der Waals surface area contributed by atoms with Crippen LogP contribution in [0.2, 0.25) is 0 Å². The second-order valence-electron chi connectivity index (χ2n) is 6.20. The van der Waals surface area contributed by atoms with Crippen molar-refractivity contribution in [2.24, 2.45) is 5.73 Å². The third kappa shape index (κ3) is 4.71. The highest BCUT2D eigenvalue weighted by Crippen LogP contribution is 2.18. The molecular weight excluding hydrogens is 306 g/mol. The molecule has 0 radical (unpaired) electrons. The Labute approximate surface area is 143 Å². The van der Waals surface area contributed by atoms with Gasteiger partial charge in [0.25, 0.3) is 0 Å². The van der Waals surface area contributed by atoms with E-state index in [0.717, 1.165) is 18.4 Å². The molecule has 6 heteroatoms. The van der Waals surface area contributed by atoms with Crippen LogP contribution < -0.4 is 5.73 Å². The summed E-state index contributed by atoms with van der Waals surface area (Å²) in [6.07, 6.45) is 1.41. The molecule has 1 aromatic carbocycles. The third-order valence-electron chi connectivity index (χ3n) is 4.31. The van der Waals surface area contributed by atoms with E-state index in [9.17, 15) is 9.59 Å². The maximum Gasteiger partial charge on any atom is 0.410 e. The summed E-state index contributed by atoms with van der Waals surface area (Å²) in [5.41, 5.74) is 6.69. The fourth-order valence-electron chi connectivity index (χ4n) is 3.04. The number of hydrogen-bond acceptors (Lipinski definition) is 4. The summed E-state index contributed by atoms with van der Waals surface area (Å²) in [6, 6.07) is 9.09. The number of nitrogens with two attached hydrogens (primary N) is 1. The van der Waals surface area contributed by atoms with Crippen LogP contribution in [0, 0.1) is 0 Å². The number of nitrogens with zero attached hydrogens (tertiary/aromatic N) is 2. The summed E-state index contributed by atoms with van der Waals surface area (Å²) in [5.74, 6) is -0.0676. The van der Waals surface area contributed by atoms with Crippen LogP contribution in [-0.4, -0.2) is 53.5 Å². The second kappa shape index (κ2) is 8.68. The smallest absolute Gasteiger partial charge is 0.410 e. The molecule has 1 aliphatic rings. The van der Waals surface area contributed by atoms with Crippen LogP contribution in [0.5, 0.6) is 0 Å². The zero-order valence-electron chi connectivity index (χ0n) is 14.5. The van der Waals surface area contributed by atoms with E-state index in [2.05, 4.69) is 0 Å². The van der Waals surface area contributed by atoms with E-state index in [1.54, 1.807) is 16.7 Å². The molecule has 1 fully saturated rings. The van der Waals surface area contributed by atoms with Crippen molar-refractivity contribution in [1.82, 2.24) is 9.80 Å². The molecular formula is C18H27N3O3. The topological polar surface area (TPSA) is 75.9 Å². The lowest BCUT2D eigenvalue weighted by molar-refractivity contribution is -0.135. The molecule has 2 atom stereocenters. The van der Waals surface area contributed by atoms with Crippen molar-refractivity contribution >= 4 is 12.0 Å². The fraction of sp³-hybridized carbons (Fsp3) is 0.556. The van der Waals surface area contributed by atoms with Gasteiger partial charge >= 0.3 is 6.09 Å². The number of carbonyl (C=O) groups is 2. The van der Waals surface area contributed by atoms with Crippen LogP contribution in [0.3, 0.4) is 0 Å². The molecule has 1 saturated heterocycles. The summed E-state index contributed by atoms with van der Waals surface area (Å²) in [7, 11) is 0. The minimum Gasteiger partial charge on any atom is -0.445 e. The van der Waals surface area contributed by atoms with Gasteiger partial charge in [0, 0.05) is 25.7 Å². The third-order valence-corrected chi connectivity index (χ3v) is 4.31. The maximum absolute atomic E-state index is 12.3. The zero-order chi connectivity index (χ0) is 17.5. The molecule has 2 N–H and O–H groups in total. The zero-order valence-corrected chi connectivity index (χ0v) is 14.5. The molecule has 0 aliphatic carbocycles. The van der Waals surface area contributed by atoms with Gasteiger partial charge < -0.3 is 20.3 Å². The molecule has 0 spiro atoms. The maximum atomic E-state index is 12.3. The Morgan fingerprint density at radius 2 is 2.08 bits per heavy atom. The first kappa shape index (κ1) is 18.3. The van der Waals surface area contributed by atoms with Crippen molar-refractivity contribution in [3.8, 4) is 0 Å². The Morgan fingerprint density at radius 1 is 1.38 bits per heavy atom. The lowest BCUT2D eigenvalue weighted by Gasteiger charge is -2.39. The molecule has 0 unspecified atom stereocenters. The predicted molar refractivity (Wildman–Crippen MR) is 92.3 cm³/mol. The number of benzene rings is 1. The fourth-order valence-corrected chi connectivity index (χ4v) is 3.04. The largest absolute Gasteiger partial charge is 0.445 e. The molecule has 2 rings (SSSR count). The number of ether oxygens (including phenoxy) is 1. The number of rotatable bonds is 5. The highest BCUT2D eigenvalue weighted by atomic mass is 16.6. The molecule has 1 aliphatic heterocycles. The molecule has 0 aromatic heterocycles. The van der Waals surface area contributed by atoms with Gasteiger partial charge in [-0.2, -0.15) is 0 Å². The van der Waals surface area contributed by atoms with Gasteiger partial charge in [-0.25, -0.2) is 4.79 Å². The molecule has 6 nitrogen and oxygen atoms in total. The van der Waals surface area contributed by atoms with Crippen molar-refractivity contribution in [3.63, 3.8) is 0 Å². The van der Waals surface area contributed by atoms with Crippen LogP contribution in [0.4, 0.5) is 4.79 Å². The number of carbonyl (C=O) groups excluding carboxylic acids is 2. The Kier molecular flexibility index (Phi) is 6.61. The van der Waals surface area contributed by atoms with Gasteiger partial charge in [-0.1, -0.05) is 30.3 Å². The Morgan fingerprint density at radius 3 is 2.71 bits per heavy atom. The van der Waals surface area contributed by atoms with E-state index in [1.165, 1.54) is 0 Å². The Bertz CT molecular complexity index is 548. The quantitative estimate of drug-likeness (QED) is 0.894. The van der Waals surface area contributed by atoms with Gasteiger partial charge in [-0.15, -0.1) is 0 Å². The standard InChI is InChI=1S/C18H27N3O3/c1-3-21(17(22)14(2)19)16-10-7-11-20(12-16)18(23)24-13-15-8-5-4-6-9-15/h4-6,8-9,14,16H,3,7,10-13,19H2,1-2H3/t14-,16+/m0/s1. The predicted octanol–water partition coefficient (Wildman–Crippen LogP) is 1.98. The SMILES string of the molecule is CCN(C(=O)[C@H](C)N)[C@@H]1CCCN(C(=O)OCc2ccccc2)C1. The molecule has 2 amide bonds. The van der Waals surface area contributed by atoms with Gasteiger partial charge in [0.05, 0.1) is 6.04 Å². The second-order valence-corrected chi connectivity index (χ2v) is 6.20. The summed E-state index contributed by atoms with van der Waals surface area (Å²) < 4.78 is 5.40. The van der Waals surface area contributed by atoms with E-state index in [0.29, 0.717) is 19.6 Å². The number of piperidine rings is 1. The summed E-state index contributed by atoms with van der Waals surface area (Å²) >= 11 is 0. The van der Waals surface area contributed by atoms with Crippen molar-refractivity contribution in [3.05, 3.63) is 35.9 Å². The van der Waals surface area contributed by atoms with Gasteiger partial charge in [-0.3, -0.25) is 4.79 Å². The van der Waals surface area contributed by atoms with Crippen LogP contribution in [0.25, 0.3) is 0 Å². The van der Waals surface area contributed by atoms with Crippen LogP contribution in [0.1, 0.15) is 32.3 Å². The first-order valence-electron chi connectivity index (χ1n) is 8.54. The van der Waals surface area contributed by atoms with Gasteiger partial charge in [0.1, 0.15) is 6.61 Å². The van der Waals surface area contributed by atoms with Crippen LogP contribution in [0.15, 0.2) is 30.3 Å². The first-order chi connectivity index (χ1) is 11.5. The number of amides is 2. The highest BCUT2D eigenvalue weighted by molar-refractivity contribution is 5.81. The molecule has 1 aromatic rings. The molecule has 1 heterocycles. The molecule has 24 heavy (non-hydrogen) atoms. The number of likely N-dealkylation sites (N-methyl/N-ethyl adjacent to an activating group) is 1. The van der Waals surface area contributed by atoms with Crippen molar-refractivity contribution < 1.29 is 14.3 Å². The summed E-state index contributed by atoms with van der Waals surface area (Å²) in [4.78, 5) is 28.0. The normalized spacial score (nSPS) is 18.8. The van der Waals surface area contributed by atoms with Crippen molar-refractivity contribution in [2.45, 2.75) is 45.4 Å². The van der Waals surface area contributed by atoms with Crippen molar-refractivity contribution in [1.29, 1.82) is 0 Å². The molecule has 132 valence electrons. The Hall–Kier alpha value is -2.08. The van der Waals surface area contributed by atoms with E-state index >= 15 is 0 Å². The van der Waals surface area contributed by atoms with E-state index in [1.807, 2.05) is 37.3 Å². The number of hydrogen-bond donors (Lipinski definition) is 1. The summed E-state index contributed by atoms with van der Waals surface area (Å²) in [6.45, 7) is 5.65. The van der Waals surface area contributed by atoms with Gasteiger partial charge in [0.2, 0.25) is 5.91 Å². The van der Waals surface area contributed by atoms with Gasteiger partial charge in [0.15, 0.2) is 0 Å². The van der Waals surface area contributed by atoms with E-state index < -0.39 is 6.04 Å². The van der Waals surface area contributed by atoms with E-state index in [4.69, 9.17) is 10.5 Å². The van der Waals surface area contributed by atoms with Crippen LogP contribution >= 0.6 is 0 Å². The van der Waals surface area contributed by atoms with Crippen LogP contribution in [-0.2, 0) is 16.1 Å². The summed E-state index contributed by atoms with van der Waals surface area (Å²) in [5, 5.41) is 0. The minimum atomic E-state index is -0.523. The monoisotopic (exact) mass is 333 g/mol. The average Bonchev–Trinajstić information content (AvgIpc) is 2.61. The lowest BCUT2D eigenvalue weighted by Crippen LogP contribution is -2.54. The lowest BCUT2D eigenvalue weighted by atomic mass is 10.0.